The van der Waals surface area contributed by atoms with E-state index in [1.807, 2.05) is 12.3 Å². The number of nitrogens with two attached hydrogens (primary N) is 1. The molecule has 5 rings (SSSR count). The van der Waals surface area contributed by atoms with Crippen LogP contribution >= 0.6 is 0 Å². The molecule has 4 aliphatic rings. The number of aromatic nitrogens is 1. The van der Waals surface area contributed by atoms with Gasteiger partial charge in [-0.3, -0.25) is 4.79 Å². The quantitative estimate of drug-likeness (QED) is 0.0607. The third kappa shape index (κ3) is 9.62. The minimum atomic E-state index is -1.00. The maximum atomic E-state index is 12.4. The summed E-state index contributed by atoms with van der Waals surface area (Å²) in [6.07, 6.45) is 26.6. The first-order valence-corrected chi connectivity index (χ1v) is 19.7. The molecule has 8 nitrogen and oxygen atoms in total. The molecule has 0 unspecified atom stereocenters. The van der Waals surface area contributed by atoms with Gasteiger partial charge in [-0.15, -0.1) is 0 Å². The fraction of sp³-hybridized carbons (Fsp3) is 0.732. The average Bonchev–Trinajstić information content (AvgIpc) is 3.85. The van der Waals surface area contributed by atoms with Crippen molar-refractivity contribution in [1.29, 1.82) is 0 Å². The Labute approximate surface area is 294 Å². The van der Waals surface area contributed by atoms with Gasteiger partial charge in [-0.05, 0) is 118 Å². The second-order valence-corrected chi connectivity index (χ2v) is 16.1. The normalized spacial score (nSPS) is 30.8. The number of carbonyl (C=O) groups is 1. The summed E-state index contributed by atoms with van der Waals surface area (Å²) in [7, 11) is 0. The van der Waals surface area contributed by atoms with E-state index in [-0.39, 0.29) is 29.8 Å². The van der Waals surface area contributed by atoms with Crippen LogP contribution in [0.3, 0.4) is 0 Å². The van der Waals surface area contributed by atoms with Gasteiger partial charge >= 0.3 is 5.97 Å². The largest absolute Gasteiger partial charge is 0.481 e. The van der Waals surface area contributed by atoms with E-state index in [1.165, 1.54) is 37.7 Å². The number of hydrogen-bond donors (Lipinski definition) is 7. The van der Waals surface area contributed by atoms with E-state index in [0.717, 1.165) is 76.4 Å². The van der Waals surface area contributed by atoms with Crippen LogP contribution in [0.5, 0.6) is 0 Å². The Balaban J connectivity index is 1.15. The van der Waals surface area contributed by atoms with Crippen LogP contribution in [-0.2, 0) is 11.2 Å². The number of dihydropyridines is 1. The highest BCUT2D eigenvalue weighted by atomic mass is 16.4. The molecule has 0 bridgehead atoms. The van der Waals surface area contributed by atoms with Gasteiger partial charge in [0.25, 0.3) is 0 Å². The van der Waals surface area contributed by atoms with Crippen LogP contribution in [0.2, 0.25) is 0 Å². The molecule has 49 heavy (non-hydrogen) atoms. The predicted molar refractivity (Wildman–Crippen MR) is 195 cm³/mol. The lowest BCUT2D eigenvalue weighted by Crippen LogP contribution is -2.38. The number of aliphatic hydroxyl groups is 3. The van der Waals surface area contributed by atoms with E-state index in [2.05, 4.69) is 47.6 Å². The van der Waals surface area contributed by atoms with Gasteiger partial charge in [-0.1, -0.05) is 76.5 Å². The number of aliphatic hydroxyl groups excluding tert-OH is 2. The van der Waals surface area contributed by atoms with E-state index in [1.54, 1.807) is 0 Å². The number of carboxylic acids is 1. The molecule has 8 atom stereocenters. The lowest BCUT2D eigenvalue weighted by atomic mass is 9.66. The Morgan fingerprint density at radius 3 is 2.55 bits per heavy atom. The Morgan fingerprint density at radius 2 is 1.86 bits per heavy atom. The summed E-state index contributed by atoms with van der Waals surface area (Å²) in [5.74, 6) is -0.119. The van der Waals surface area contributed by atoms with Gasteiger partial charge in [-0.25, -0.2) is 0 Å². The van der Waals surface area contributed by atoms with E-state index in [0.29, 0.717) is 36.9 Å². The average molecular weight is 680 g/mol. The fourth-order valence-electron chi connectivity index (χ4n) is 9.99. The second kappa shape index (κ2) is 17.6. The monoisotopic (exact) mass is 679 g/mol. The van der Waals surface area contributed by atoms with Crippen LogP contribution in [0.25, 0.3) is 0 Å². The molecule has 2 fully saturated rings. The maximum absolute atomic E-state index is 12.4. The van der Waals surface area contributed by atoms with Crippen molar-refractivity contribution in [2.24, 2.45) is 40.7 Å². The highest BCUT2D eigenvalue weighted by Gasteiger charge is 2.54. The molecule has 2 saturated carbocycles. The number of rotatable bonds is 19. The van der Waals surface area contributed by atoms with Crippen molar-refractivity contribution in [2.45, 2.75) is 147 Å². The number of aliphatic carboxylic acids is 1. The molecule has 8 N–H and O–H groups in total. The van der Waals surface area contributed by atoms with Crippen molar-refractivity contribution in [3.8, 4) is 0 Å². The van der Waals surface area contributed by atoms with Crippen LogP contribution < -0.4 is 11.1 Å². The zero-order valence-electron chi connectivity index (χ0n) is 30.0. The van der Waals surface area contributed by atoms with E-state index >= 15 is 0 Å². The number of nitrogens with one attached hydrogen (secondary N) is 2. The smallest absolute Gasteiger partial charge is 0.309 e. The molecule has 1 aromatic heterocycles. The van der Waals surface area contributed by atoms with Crippen LogP contribution in [0.15, 0.2) is 54.0 Å². The summed E-state index contributed by atoms with van der Waals surface area (Å²) in [6, 6.07) is 4.07. The number of hydrogen-bond acceptors (Lipinski definition) is 6. The third-order valence-corrected chi connectivity index (χ3v) is 12.9. The first-order valence-electron chi connectivity index (χ1n) is 19.7. The second-order valence-electron chi connectivity index (χ2n) is 16.1. The van der Waals surface area contributed by atoms with Gasteiger partial charge in [0, 0.05) is 24.4 Å². The van der Waals surface area contributed by atoms with Gasteiger partial charge in [0.15, 0.2) is 0 Å². The first kappa shape index (κ1) is 37.7. The molecule has 0 aromatic carbocycles. The van der Waals surface area contributed by atoms with Gasteiger partial charge in [0.05, 0.1) is 29.5 Å². The van der Waals surface area contributed by atoms with Gasteiger partial charge < -0.3 is 36.5 Å². The van der Waals surface area contributed by atoms with Crippen molar-refractivity contribution in [3.63, 3.8) is 0 Å². The highest BCUT2D eigenvalue weighted by Crippen LogP contribution is 2.59. The predicted octanol–water partition coefficient (Wildman–Crippen LogP) is 7.13. The zero-order valence-corrected chi connectivity index (χ0v) is 30.0. The van der Waals surface area contributed by atoms with Crippen molar-refractivity contribution < 1.29 is 25.2 Å². The molecule has 1 aliphatic heterocycles. The summed E-state index contributed by atoms with van der Waals surface area (Å²) < 4.78 is 0. The molecule has 1 aromatic rings. The van der Waals surface area contributed by atoms with Crippen LogP contribution in [0, 0.1) is 35.0 Å². The minimum Gasteiger partial charge on any atom is -0.481 e. The summed E-state index contributed by atoms with van der Waals surface area (Å²) in [6.45, 7) is 2.94. The van der Waals surface area contributed by atoms with Crippen molar-refractivity contribution in [2.75, 3.05) is 6.54 Å². The number of aromatic amines is 1. The minimum absolute atomic E-state index is 0.00674. The van der Waals surface area contributed by atoms with Crippen molar-refractivity contribution in [3.05, 3.63) is 59.7 Å². The van der Waals surface area contributed by atoms with Gasteiger partial charge in [0.1, 0.15) is 0 Å². The van der Waals surface area contributed by atoms with Gasteiger partial charge in [0.2, 0.25) is 0 Å². The maximum Gasteiger partial charge on any atom is 0.309 e. The van der Waals surface area contributed by atoms with Crippen LogP contribution in [0.1, 0.15) is 128 Å². The Hall–Kier alpha value is -2.55. The molecule has 8 heteroatoms. The molecular formula is C41H65N3O5. The van der Waals surface area contributed by atoms with Crippen molar-refractivity contribution in [1.82, 2.24) is 10.3 Å². The van der Waals surface area contributed by atoms with E-state index in [4.69, 9.17) is 5.73 Å². The van der Waals surface area contributed by atoms with Crippen LogP contribution in [0.4, 0.5) is 0 Å². The topological polar surface area (TPSA) is 152 Å². The van der Waals surface area contributed by atoms with E-state index < -0.39 is 23.6 Å². The zero-order chi connectivity index (χ0) is 34.9. The molecular weight excluding hydrogens is 614 g/mol. The number of unbranched alkanes of at least 4 members (excludes halogenated alkanes) is 4. The fourth-order valence-corrected chi connectivity index (χ4v) is 9.99. The number of allylic oxidation sites excluding steroid dienone is 3. The summed E-state index contributed by atoms with van der Waals surface area (Å²) >= 11 is 0. The van der Waals surface area contributed by atoms with Gasteiger partial charge in [-0.2, -0.15) is 0 Å². The summed E-state index contributed by atoms with van der Waals surface area (Å²) in [4.78, 5) is 15.7. The Kier molecular flexibility index (Phi) is 13.5. The molecule has 0 amide bonds. The van der Waals surface area contributed by atoms with Crippen molar-refractivity contribution >= 4 is 5.97 Å². The van der Waals surface area contributed by atoms with Crippen LogP contribution in [-0.4, -0.2) is 55.7 Å². The summed E-state index contributed by atoms with van der Waals surface area (Å²) in [5, 5.41) is 47.7. The summed E-state index contributed by atoms with van der Waals surface area (Å²) in [5.41, 5.74) is 7.65. The molecule has 0 radical (unpaired) electrons. The number of H-pyrrole nitrogens is 1. The lowest BCUT2D eigenvalue weighted by molar-refractivity contribution is -0.146. The molecule has 274 valence electrons. The molecule has 0 saturated heterocycles. The SMILES string of the molecule is CCCCC[C@@H]1C=C[C@@H](CCCCC[C@H](C(=O)O)[C@H](O)CC[C@]2(O)C[C@H](C3(C4=CCNC(N)=C4)CCCC3)C[C@H]2Cc2ccc[nH]2)[C@H](O)C1. The first-order chi connectivity index (χ1) is 23.6. The Morgan fingerprint density at radius 1 is 1.06 bits per heavy atom. The molecule has 0 spiro atoms. The Bertz CT molecular complexity index is 1270. The lowest BCUT2D eigenvalue weighted by Gasteiger charge is -2.39. The number of carboxylic acid groups (broad SMARTS) is 1. The highest BCUT2D eigenvalue weighted by molar-refractivity contribution is 5.70. The van der Waals surface area contributed by atoms with E-state index in [9.17, 15) is 25.2 Å². The molecule has 3 aliphatic carbocycles. The molecule has 2 heterocycles. The standard InChI is InChI=1S/C41H65N3O5/c1-2-3-5-11-29-15-16-30(37(46)24-29)12-6-4-7-14-35(39(47)48)36(45)17-21-41(49)28-33(25-32(41)26-34-13-10-22-43-34)40(19-8-9-20-40)31-18-23-44-38(42)27-31/h10,13,15-16,18,22,27,29-30,32-33,35-37,43-46,49H,2-9,11-12,14,17,19-21,23-26,28,42H2,1H3,(H,47,48)/t29-,30-,32+,33-,35+,36-,37-,41+/m1/s1. The third-order valence-electron chi connectivity index (χ3n) is 12.9.